The Labute approximate surface area is 166 Å². The van der Waals surface area contributed by atoms with Crippen LogP contribution in [-0.4, -0.2) is 32.5 Å². The molecule has 1 aliphatic rings. The summed E-state index contributed by atoms with van der Waals surface area (Å²) in [7, 11) is 2.00. The van der Waals surface area contributed by atoms with E-state index < -0.39 is 0 Å². The van der Waals surface area contributed by atoms with Crippen LogP contribution in [0.4, 0.5) is 11.4 Å². The number of aliphatic imine (C=N–C) groups is 1. The third-order valence-corrected chi connectivity index (χ3v) is 5.08. The molecule has 1 aromatic heterocycles. The summed E-state index contributed by atoms with van der Waals surface area (Å²) in [5, 5.41) is 5.26. The summed E-state index contributed by atoms with van der Waals surface area (Å²) in [4.78, 5) is 8.11. The fourth-order valence-corrected chi connectivity index (χ4v) is 3.61. The predicted molar refractivity (Wildman–Crippen MR) is 115 cm³/mol. The average Bonchev–Trinajstić information content (AvgIpc) is 3.02. The zero-order valence-electron chi connectivity index (χ0n) is 14.4. The van der Waals surface area contributed by atoms with Gasteiger partial charge in [0.05, 0.1) is 10.6 Å². The average molecular weight is 401 g/mol. The van der Waals surface area contributed by atoms with Gasteiger partial charge in [-0.1, -0.05) is 6.07 Å². The van der Waals surface area contributed by atoms with Gasteiger partial charge in [0.1, 0.15) is 5.84 Å². The fraction of sp³-hybridized carbons (Fsp3) is 0.389. The smallest absolute Gasteiger partial charge is 0.141 e. The molecule has 0 fully saturated rings. The molecule has 0 atom stereocenters. The van der Waals surface area contributed by atoms with Crippen LogP contribution in [0.3, 0.4) is 0 Å². The van der Waals surface area contributed by atoms with E-state index in [2.05, 4.69) is 33.4 Å². The molecule has 0 aliphatic carbocycles. The number of nitrogens with two attached hydrogens (primary N) is 1. The highest BCUT2D eigenvalue weighted by atomic mass is 35.5. The molecule has 0 saturated heterocycles. The Morgan fingerprint density at radius 3 is 2.84 bits per heavy atom. The third-order valence-electron chi connectivity index (χ3n) is 4.18. The van der Waals surface area contributed by atoms with E-state index in [1.165, 1.54) is 24.1 Å². The first-order valence-corrected chi connectivity index (χ1v) is 9.06. The van der Waals surface area contributed by atoms with Gasteiger partial charge in [0.2, 0.25) is 0 Å². The zero-order chi connectivity index (χ0) is 16.1. The molecular formula is C18H26Cl2N4S. The number of anilines is 1. The molecule has 2 aromatic rings. The molecule has 0 spiro atoms. The second kappa shape index (κ2) is 10.7. The van der Waals surface area contributed by atoms with Crippen LogP contribution < -0.4 is 16.0 Å². The number of nitrogens with zero attached hydrogens (tertiary/aromatic N) is 2. The van der Waals surface area contributed by atoms with Gasteiger partial charge in [-0.2, -0.15) is 0 Å². The van der Waals surface area contributed by atoms with Crippen LogP contribution in [-0.2, 0) is 6.42 Å². The summed E-state index contributed by atoms with van der Waals surface area (Å²) >= 11 is 1.62. The Bertz CT molecular complexity index is 674. The van der Waals surface area contributed by atoms with Gasteiger partial charge in [-0.3, -0.25) is 0 Å². The van der Waals surface area contributed by atoms with Gasteiger partial charge in [-0.25, -0.2) is 4.99 Å². The largest absolute Gasteiger partial charge is 0.383 e. The lowest BCUT2D eigenvalue weighted by Gasteiger charge is -2.25. The molecule has 3 N–H and O–H groups in total. The number of nitrogens with one attached hydrogen (secondary N) is 1. The van der Waals surface area contributed by atoms with Crippen molar-refractivity contribution >= 4 is 53.4 Å². The first-order chi connectivity index (χ1) is 11.3. The van der Waals surface area contributed by atoms with E-state index in [9.17, 15) is 0 Å². The van der Waals surface area contributed by atoms with E-state index in [-0.39, 0.29) is 24.8 Å². The number of thiophene rings is 1. The second-order valence-electron chi connectivity index (χ2n) is 5.84. The SMILES string of the molecule is CNCCN1CCCCc2cc(N=C(N)c3cccs3)ccc21.Cl.Cl. The molecule has 1 aliphatic heterocycles. The van der Waals surface area contributed by atoms with E-state index in [1.54, 1.807) is 11.3 Å². The van der Waals surface area contributed by atoms with E-state index in [0.717, 1.165) is 36.6 Å². The molecule has 2 heterocycles. The number of amidine groups is 1. The van der Waals surface area contributed by atoms with Crippen LogP contribution in [0.25, 0.3) is 0 Å². The molecule has 7 heteroatoms. The molecule has 0 saturated carbocycles. The molecule has 3 rings (SSSR count). The predicted octanol–water partition coefficient (Wildman–Crippen LogP) is 3.99. The van der Waals surface area contributed by atoms with Crippen molar-refractivity contribution in [2.45, 2.75) is 19.3 Å². The first kappa shape index (κ1) is 21.8. The van der Waals surface area contributed by atoms with Crippen LogP contribution in [0.1, 0.15) is 23.3 Å². The van der Waals surface area contributed by atoms with Gasteiger partial charge in [0.15, 0.2) is 0 Å². The number of fused-ring (bicyclic) bond motifs is 1. The lowest BCUT2D eigenvalue weighted by Crippen LogP contribution is -2.31. The molecule has 4 nitrogen and oxygen atoms in total. The third kappa shape index (κ3) is 5.61. The molecule has 0 bridgehead atoms. The van der Waals surface area contributed by atoms with Gasteiger partial charge < -0.3 is 16.0 Å². The maximum atomic E-state index is 6.11. The molecule has 138 valence electrons. The highest BCUT2D eigenvalue weighted by Crippen LogP contribution is 2.30. The number of hydrogen-bond donors (Lipinski definition) is 2. The topological polar surface area (TPSA) is 53.6 Å². The van der Waals surface area contributed by atoms with Crippen molar-refractivity contribution in [3.05, 3.63) is 46.2 Å². The first-order valence-electron chi connectivity index (χ1n) is 8.18. The van der Waals surface area contributed by atoms with Crippen LogP contribution >= 0.6 is 36.2 Å². The van der Waals surface area contributed by atoms with Gasteiger partial charge in [-0.05, 0) is 61.5 Å². The minimum atomic E-state index is 0. The number of hydrogen-bond acceptors (Lipinski definition) is 4. The minimum absolute atomic E-state index is 0. The maximum absolute atomic E-state index is 6.11. The van der Waals surface area contributed by atoms with Gasteiger partial charge >= 0.3 is 0 Å². The summed E-state index contributed by atoms with van der Waals surface area (Å²) in [6.07, 6.45) is 3.60. The summed E-state index contributed by atoms with van der Waals surface area (Å²) in [6.45, 7) is 3.18. The number of halogens is 2. The Morgan fingerprint density at radius 1 is 1.28 bits per heavy atom. The summed E-state index contributed by atoms with van der Waals surface area (Å²) in [5.41, 5.74) is 9.80. The summed E-state index contributed by atoms with van der Waals surface area (Å²) in [6, 6.07) is 10.5. The standard InChI is InChI=1S/C18H24N4S.2ClH/c1-20-9-11-22-10-3-2-5-14-13-15(7-8-16(14)22)21-18(19)17-6-4-12-23-17;;/h4,6-8,12-13,20H,2-3,5,9-11H2,1H3,(H2,19,21);2*1H. The number of likely N-dealkylation sites (N-methyl/N-ethyl adjacent to an activating group) is 1. The quantitative estimate of drug-likeness (QED) is 0.589. The number of aryl methyl sites for hydroxylation is 1. The second-order valence-corrected chi connectivity index (χ2v) is 6.78. The van der Waals surface area contributed by atoms with Crippen molar-refractivity contribution in [2.75, 3.05) is 31.6 Å². The normalized spacial score (nSPS) is 14.1. The summed E-state index contributed by atoms with van der Waals surface area (Å²) < 4.78 is 0. The lowest BCUT2D eigenvalue weighted by atomic mass is 10.1. The zero-order valence-corrected chi connectivity index (χ0v) is 16.9. The van der Waals surface area contributed by atoms with Gasteiger partial charge in [0.25, 0.3) is 0 Å². The van der Waals surface area contributed by atoms with Crippen LogP contribution in [0.5, 0.6) is 0 Å². The highest BCUT2D eigenvalue weighted by Gasteiger charge is 2.15. The van der Waals surface area contributed by atoms with E-state index >= 15 is 0 Å². The Balaban J connectivity index is 0.00000156. The highest BCUT2D eigenvalue weighted by molar-refractivity contribution is 7.12. The van der Waals surface area contributed by atoms with Crippen molar-refractivity contribution in [3.8, 4) is 0 Å². The van der Waals surface area contributed by atoms with Crippen molar-refractivity contribution in [3.63, 3.8) is 0 Å². The van der Waals surface area contributed by atoms with Gasteiger partial charge in [0, 0.05) is 25.3 Å². The number of rotatable bonds is 5. The molecule has 0 radical (unpaired) electrons. The number of benzene rings is 1. The van der Waals surface area contributed by atoms with Crippen molar-refractivity contribution in [1.29, 1.82) is 0 Å². The van der Waals surface area contributed by atoms with Gasteiger partial charge in [-0.15, -0.1) is 36.2 Å². The molecular weight excluding hydrogens is 375 g/mol. The fourth-order valence-electron chi connectivity index (χ4n) is 2.99. The van der Waals surface area contributed by atoms with Crippen LogP contribution in [0, 0.1) is 0 Å². The van der Waals surface area contributed by atoms with Crippen molar-refractivity contribution in [1.82, 2.24) is 5.32 Å². The van der Waals surface area contributed by atoms with Crippen LogP contribution in [0.2, 0.25) is 0 Å². The summed E-state index contributed by atoms with van der Waals surface area (Å²) in [5.74, 6) is 0.598. The van der Waals surface area contributed by atoms with E-state index in [0.29, 0.717) is 5.84 Å². The Morgan fingerprint density at radius 2 is 2.12 bits per heavy atom. The monoisotopic (exact) mass is 400 g/mol. The molecule has 0 amide bonds. The Hall–Kier alpha value is -1.27. The molecule has 0 unspecified atom stereocenters. The van der Waals surface area contributed by atoms with E-state index in [1.807, 2.05) is 24.6 Å². The van der Waals surface area contributed by atoms with E-state index in [4.69, 9.17) is 5.73 Å². The van der Waals surface area contributed by atoms with Crippen molar-refractivity contribution < 1.29 is 0 Å². The van der Waals surface area contributed by atoms with Crippen LogP contribution in [0.15, 0.2) is 40.7 Å². The van der Waals surface area contributed by atoms with Crippen molar-refractivity contribution in [2.24, 2.45) is 10.7 Å². The molecule has 1 aromatic carbocycles. The maximum Gasteiger partial charge on any atom is 0.141 e. The lowest BCUT2D eigenvalue weighted by molar-refractivity contribution is 0.687. The minimum Gasteiger partial charge on any atom is -0.383 e. The molecule has 25 heavy (non-hydrogen) atoms. The Kier molecular flexibility index (Phi) is 9.28.